The summed E-state index contributed by atoms with van der Waals surface area (Å²) in [4.78, 5) is 0. The van der Waals surface area contributed by atoms with E-state index in [-0.39, 0.29) is 6.61 Å². The molecule has 116 valence electrons. The van der Waals surface area contributed by atoms with Crippen LogP contribution in [0.2, 0.25) is 0 Å². The van der Waals surface area contributed by atoms with Crippen molar-refractivity contribution in [2.45, 2.75) is 63.2 Å². The van der Waals surface area contributed by atoms with Gasteiger partial charge in [0.25, 0.3) is 0 Å². The van der Waals surface area contributed by atoms with E-state index < -0.39 is 36.5 Å². The molecule has 0 aromatic heterocycles. The third kappa shape index (κ3) is 3.39. The van der Waals surface area contributed by atoms with Gasteiger partial charge < -0.3 is 29.2 Å². The van der Waals surface area contributed by atoms with Crippen molar-refractivity contribution in [2.24, 2.45) is 0 Å². The minimum Gasteiger partial charge on any atom is -0.394 e. The van der Waals surface area contributed by atoms with Crippen LogP contribution in [0.5, 0.6) is 0 Å². The Morgan fingerprint density at radius 1 is 1.30 bits per heavy atom. The van der Waals surface area contributed by atoms with Gasteiger partial charge in [0.15, 0.2) is 12.1 Å². The van der Waals surface area contributed by atoms with Crippen LogP contribution in [0.3, 0.4) is 0 Å². The smallest absolute Gasteiger partial charge is 0.187 e. The van der Waals surface area contributed by atoms with Crippen molar-refractivity contribution >= 4 is 0 Å². The maximum Gasteiger partial charge on any atom is 0.187 e. The Morgan fingerprint density at radius 2 is 2.00 bits per heavy atom. The standard InChI is InChI=1S/C14H24O6/c1-4-5-6-7-17-13-12-11(19-14(2,3)20-12)10(16)9(8-15)18-13/h4,9-13,15-16H,1,5-8H2,2-3H3/t9-,10+,11-,12+,13-/m1/s1. The van der Waals surface area contributed by atoms with Crippen LogP contribution in [-0.4, -0.2) is 59.9 Å². The van der Waals surface area contributed by atoms with Gasteiger partial charge in [-0.25, -0.2) is 0 Å². The van der Waals surface area contributed by atoms with Crippen molar-refractivity contribution in [3.8, 4) is 0 Å². The van der Waals surface area contributed by atoms with Crippen molar-refractivity contribution in [3.05, 3.63) is 12.7 Å². The van der Waals surface area contributed by atoms with Crippen molar-refractivity contribution in [1.29, 1.82) is 0 Å². The maximum absolute atomic E-state index is 10.1. The molecule has 2 rings (SSSR count). The SMILES string of the molecule is C=CCCCO[C@@H]1O[C@H](CO)[C@H](O)[C@H]2OC(C)(C)O[C@H]12. The van der Waals surface area contributed by atoms with Gasteiger partial charge in [0.05, 0.1) is 13.2 Å². The van der Waals surface area contributed by atoms with Crippen LogP contribution in [0.1, 0.15) is 26.7 Å². The predicted molar refractivity (Wildman–Crippen MR) is 71.0 cm³/mol. The molecule has 6 heteroatoms. The van der Waals surface area contributed by atoms with Gasteiger partial charge in [-0.3, -0.25) is 0 Å². The van der Waals surface area contributed by atoms with Crippen molar-refractivity contribution in [1.82, 2.24) is 0 Å². The topological polar surface area (TPSA) is 77.4 Å². The Bertz CT molecular complexity index is 332. The zero-order chi connectivity index (χ0) is 14.8. The average molecular weight is 288 g/mol. The monoisotopic (exact) mass is 288 g/mol. The first-order valence-corrected chi connectivity index (χ1v) is 7.01. The number of aliphatic hydroxyl groups excluding tert-OH is 2. The third-order valence-electron chi connectivity index (χ3n) is 3.47. The molecule has 0 unspecified atom stereocenters. The van der Waals surface area contributed by atoms with Crippen molar-refractivity contribution in [2.75, 3.05) is 13.2 Å². The molecule has 6 nitrogen and oxygen atoms in total. The number of fused-ring (bicyclic) bond motifs is 1. The van der Waals surface area contributed by atoms with Crippen LogP contribution in [0, 0.1) is 0 Å². The first-order valence-electron chi connectivity index (χ1n) is 7.01. The molecule has 0 aromatic rings. The van der Waals surface area contributed by atoms with Gasteiger partial charge in [0.2, 0.25) is 0 Å². The Kier molecular flexibility index (Phi) is 5.17. The average Bonchev–Trinajstić information content (AvgIpc) is 2.73. The molecule has 2 N–H and O–H groups in total. The van der Waals surface area contributed by atoms with Gasteiger partial charge >= 0.3 is 0 Å². The fraction of sp³-hybridized carbons (Fsp3) is 0.857. The van der Waals surface area contributed by atoms with Crippen LogP contribution >= 0.6 is 0 Å². The Balaban J connectivity index is 2.00. The van der Waals surface area contributed by atoms with Crippen molar-refractivity contribution < 1.29 is 29.2 Å². The molecular formula is C14H24O6. The van der Waals surface area contributed by atoms with Gasteiger partial charge in [-0.2, -0.15) is 0 Å². The summed E-state index contributed by atoms with van der Waals surface area (Å²) in [7, 11) is 0. The molecule has 2 fully saturated rings. The lowest BCUT2D eigenvalue weighted by molar-refractivity contribution is -0.280. The minimum atomic E-state index is -0.931. The predicted octanol–water partition coefficient (Wildman–Crippen LogP) is 0.567. The Hall–Kier alpha value is -0.500. The quantitative estimate of drug-likeness (QED) is 0.549. The third-order valence-corrected chi connectivity index (χ3v) is 3.47. The van der Waals surface area contributed by atoms with E-state index in [9.17, 15) is 10.2 Å². The van der Waals surface area contributed by atoms with Crippen LogP contribution < -0.4 is 0 Å². The van der Waals surface area contributed by atoms with Crippen LogP contribution in [0.15, 0.2) is 12.7 Å². The molecule has 0 saturated carbocycles. The highest BCUT2D eigenvalue weighted by Crippen LogP contribution is 2.37. The fourth-order valence-electron chi connectivity index (χ4n) is 2.55. The molecule has 0 aliphatic carbocycles. The summed E-state index contributed by atoms with van der Waals surface area (Å²) < 4.78 is 22.7. The molecule has 0 bridgehead atoms. The summed E-state index contributed by atoms with van der Waals surface area (Å²) in [5.41, 5.74) is 0. The van der Waals surface area contributed by atoms with Gasteiger partial charge in [-0.15, -0.1) is 6.58 Å². The molecule has 2 aliphatic heterocycles. The summed E-state index contributed by atoms with van der Waals surface area (Å²) in [6.45, 7) is 7.42. The normalized spacial score (nSPS) is 39.5. The minimum absolute atomic E-state index is 0.291. The second-order valence-corrected chi connectivity index (χ2v) is 5.58. The summed E-state index contributed by atoms with van der Waals surface area (Å²) >= 11 is 0. The summed E-state index contributed by atoms with van der Waals surface area (Å²) in [5.74, 6) is -0.799. The lowest BCUT2D eigenvalue weighted by Gasteiger charge is -2.39. The zero-order valence-corrected chi connectivity index (χ0v) is 12.0. The van der Waals surface area contributed by atoms with E-state index in [4.69, 9.17) is 18.9 Å². The molecule has 0 amide bonds. The van der Waals surface area contributed by atoms with Gasteiger partial charge in [0.1, 0.15) is 24.4 Å². The molecule has 20 heavy (non-hydrogen) atoms. The van der Waals surface area contributed by atoms with E-state index in [1.54, 1.807) is 13.8 Å². The van der Waals surface area contributed by atoms with Crippen LogP contribution in [0.25, 0.3) is 0 Å². The van der Waals surface area contributed by atoms with Gasteiger partial charge in [-0.05, 0) is 26.7 Å². The number of ether oxygens (including phenoxy) is 4. The Morgan fingerprint density at radius 3 is 2.65 bits per heavy atom. The van der Waals surface area contributed by atoms with Crippen LogP contribution in [-0.2, 0) is 18.9 Å². The molecule has 2 heterocycles. The van der Waals surface area contributed by atoms with Gasteiger partial charge in [-0.1, -0.05) is 6.08 Å². The highest BCUT2D eigenvalue weighted by atomic mass is 16.8. The van der Waals surface area contributed by atoms with Gasteiger partial charge in [0, 0.05) is 0 Å². The number of rotatable bonds is 6. The summed E-state index contributed by atoms with van der Waals surface area (Å²) in [6.07, 6.45) is 0.163. The lowest BCUT2D eigenvalue weighted by atomic mass is 9.99. The number of aliphatic hydroxyl groups is 2. The lowest BCUT2D eigenvalue weighted by Crippen LogP contribution is -2.58. The molecule has 2 aliphatic rings. The number of allylic oxidation sites excluding steroid dienone is 1. The van der Waals surface area contributed by atoms with Crippen LogP contribution in [0.4, 0.5) is 0 Å². The largest absolute Gasteiger partial charge is 0.394 e. The molecule has 0 aromatic carbocycles. The first-order chi connectivity index (χ1) is 9.48. The van der Waals surface area contributed by atoms with E-state index in [1.807, 2.05) is 6.08 Å². The molecule has 2 saturated heterocycles. The van der Waals surface area contributed by atoms with E-state index in [1.165, 1.54) is 0 Å². The molecular weight excluding hydrogens is 264 g/mol. The van der Waals surface area contributed by atoms with E-state index >= 15 is 0 Å². The fourth-order valence-corrected chi connectivity index (χ4v) is 2.55. The molecule has 5 atom stereocenters. The summed E-state index contributed by atoms with van der Waals surface area (Å²) in [5, 5.41) is 19.4. The second-order valence-electron chi connectivity index (χ2n) is 5.58. The molecule has 0 radical (unpaired) electrons. The highest BCUT2D eigenvalue weighted by molar-refractivity contribution is 4.96. The molecule has 0 spiro atoms. The maximum atomic E-state index is 10.1. The van der Waals surface area contributed by atoms with Crippen molar-refractivity contribution in [3.63, 3.8) is 0 Å². The van der Waals surface area contributed by atoms with E-state index in [0.29, 0.717) is 6.61 Å². The summed E-state index contributed by atoms with van der Waals surface area (Å²) in [6, 6.07) is 0. The van der Waals surface area contributed by atoms with E-state index in [0.717, 1.165) is 12.8 Å². The zero-order valence-electron chi connectivity index (χ0n) is 12.0. The number of hydrogen-bond donors (Lipinski definition) is 2. The second kappa shape index (κ2) is 6.51. The van der Waals surface area contributed by atoms with E-state index in [2.05, 4.69) is 6.58 Å². The number of hydrogen-bond acceptors (Lipinski definition) is 6. The number of unbranched alkanes of at least 4 members (excludes halogenated alkanes) is 1. The Labute approximate surface area is 119 Å². The highest BCUT2D eigenvalue weighted by Gasteiger charge is 2.55. The first kappa shape index (κ1) is 15.9.